The van der Waals surface area contributed by atoms with Crippen molar-refractivity contribution < 1.29 is 9.78 Å². The molecule has 2 heteroatoms. The first-order valence-electron chi connectivity index (χ1n) is 5.75. The summed E-state index contributed by atoms with van der Waals surface area (Å²) in [6, 6.07) is 0. The maximum Gasteiger partial charge on any atom is 0.0958 e. The minimum absolute atomic E-state index is 0.405. The van der Waals surface area contributed by atoms with E-state index in [0.29, 0.717) is 6.10 Å². The lowest BCUT2D eigenvalue weighted by Crippen LogP contribution is -2.25. The molecule has 0 radical (unpaired) electrons. The zero-order valence-corrected chi connectivity index (χ0v) is 8.34. The van der Waals surface area contributed by atoms with Crippen LogP contribution in [0.1, 0.15) is 51.4 Å². The Morgan fingerprint density at radius 3 is 2.38 bits per heavy atom. The van der Waals surface area contributed by atoms with E-state index < -0.39 is 0 Å². The number of hydrogen-bond donors (Lipinski definition) is 0. The SMILES string of the molecule is C1CCC(C2CCCCOO2)CC1. The van der Waals surface area contributed by atoms with Gasteiger partial charge in [0.2, 0.25) is 0 Å². The van der Waals surface area contributed by atoms with E-state index in [9.17, 15) is 0 Å². The molecular weight excluding hydrogens is 164 g/mol. The third-order valence-electron chi connectivity index (χ3n) is 3.33. The molecule has 0 aromatic heterocycles. The second-order valence-corrected chi connectivity index (χ2v) is 4.35. The maximum absolute atomic E-state index is 5.44. The van der Waals surface area contributed by atoms with Crippen LogP contribution in [0, 0.1) is 5.92 Å². The standard InChI is InChI=1S/C11H20O2/c1-2-6-10(7-3-1)11-8-4-5-9-12-13-11/h10-11H,1-9H2. The highest BCUT2D eigenvalue weighted by atomic mass is 17.2. The minimum Gasteiger partial charge on any atom is -0.236 e. The van der Waals surface area contributed by atoms with Gasteiger partial charge in [-0.25, -0.2) is 9.78 Å². The first-order valence-corrected chi connectivity index (χ1v) is 5.75. The smallest absolute Gasteiger partial charge is 0.0958 e. The Labute approximate surface area is 80.5 Å². The van der Waals surface area contributed by atoms with Gasteiger partial charge in [0.25, 0.3) is 0 Å². The zero-order chi connectivity index (χ0) is 8.93. The van der Waals surface area contributed by atoms with E-state index in [-0.39, 0.29) is 0 Å². The van der Waals surface area contributed by atoms with Crippen molar-refractivity contribution in [3.8, 4) is 0 Å². The van der Waals surface area contributed by atoms with Crippen molar-refractivity contribution in [3.05, 3.63) is 0 Å². The van der Waals surface area contributed by atoms with E-state index in [1.54, 1.807) is 0 Å². The molecule has 1 atom stereocenters. The van der Waals surface area contributed by atoms with Crippen LogP contribution in [-0.2, 0) is 9.78 Å². The highest BCUT2D eigenvalue weighted by Gasteiger charge is 2.26. The molecule has 0 bridgehead atoms. The predicted molar refractivity (Wildman–Crippen MR) is 51.3 cm³/mol. The summed E-state index contributed by atoms with van der Waals surface area (Å²) >= 11 is 0. The summed E-state index contributed by atoms with van der Waals surface area (Å²) in [6.07, 6.45) is 11.0. The van der Waals surface area contributed by atoms with Crippen LogP contribution in [0.5, 0.6) is 0 Å². The monoisotopic (exact) mass is 184 g/mol. The van der Waals surface area contributed by atoms with Crippen molar-refractivity contribution in [2.45, 2.75) is 57.5 Å². The van der Waals surface area contributed by atoms with E-state index in [1.165, 1.54) is 51.4 Å². The third-order valence-corrected chi connectivity index (χ3v) is 3.33. The van der Waals surface area contributed by atoms with E-state index in [1.807, 2.05) is 0 Å². The molecule has 13 heavy (non-hydrogen) atoms. The van der Waals surface area contributed by atoms with Gasteiger partial charge in [0.1, 0.15) is 0 Å². The summed E-state index contributed by atoms with van der Waals surface area (Å²) in [5.74, 6) is 0.784. The van der Waals surface area contributed by atoms with Gasteiger partial charge in [-0.15, -0.1) is 0 Å². The van der Waals surface area contributed by atoms with E-state index in [2.05, 4.69) is 0 Å². The molecule has 0 aromatic rings. The van der Waals surface area contributed by atoms with Crippen LogP contribution in [0.25, 0.3) is 0 Å². The molecule has 1 saturated heterocycles. The molecule has 1 heterocycles. The van der Waals surface area contributed by atoms with Crippen molar-refractivity contribution in [2.75, 3.05) is 6.61 Å². The van der Waals surface area contributed by atoms with Crippen molar-refractivity contribution in [1.29, 1.82) is 0 Å². The molecule has 0 amide bonds. The largest absolute Gasteiger partial charge is 0.236 e. The average molecular weight is 184 g/mol. The van der Waals surface area contributed by atoms with Gasteiger partial charge in [-0.1, -0.05) is 19.3 Å². The normalized spacial score (nSPS) is 32.8. The fraction of sp³-hybridized carbons (Fsp3) is 1.00. The first-order chi connectivity index (χ1) is 6.47. The molecule has 1 unspecified atom stereocenters. The Hall–Kier alpha value is -0.0800. The lowest BCUT2D eigenvalue weighted by Gasteiger charge is -2.27. The average Bonchev–Trinajstić information content (AvgIpc) is 2.47. The molecule has 0 aromatic carbocycles. The molecule has 76 valence electrons. The van der Waals surface area contributed by atoms with Crippen LogP contribution in [0.4, 0.5) is 0 Å². The fourth-order valence-corrected chi connectivity index (χ4v) is 2.51. The highest BCUT2D eigenvalue weighted by molar-refractivity contribution is 4.74. The van der Waals surface area contributed by atoms with Crippen LogP contribution in [0.2, 0.25) is 0 Å². The number of rotatable bonds is 1. The van der Waals surface area contributed by atoms with Gasteiger partial charge in [-0.3, -0.25) is 0 Å². The Kier molecular flexibility index (Phi) is 3.62. The molecule has 1 aliphatic heterocycles. The summed E-state index contributed by atoms with van der Waals surface area (Å²) in [5.41, 5.74) is 0. The van der Waals surface area contributed by atoms with Crippen molar-refractivity contribution in [2.24, 2.45) is 5.92 Å². The third kappa shape index (κ3) is 2.68. The van der Waals surface area contributed by atoms with Crippen LogP contribution in [0.3, 0.4) is 0 Å². The summed E-state index contributed by atoms with van der Waals surface area (Å²) in [5, 5.41) is 0. The van der Waals surface area contributed by atoms with Gasteiger partial charge in [-0.2, -0.15) is 0 Å². The Bertz CT molecular complexity index is 133. The Morgan fingerprint density at radius 2 is 1.54 bits per heavy atom. The Balaban J connectivity index is 1.82. The lowest BCUT2D eigenvalue weighted by atomic mass is 9.84. The van der Waals surface area contributed by atoms with Gasteiger partial charge in [-0.05, 0) is 38.0 Å². The lowest BCUT2D eigenvalue weighted by molar-refractivity contribution is -0.328. The van der Waals surface area contributed by atoms with E-state index in [4.69, 9.17) is 9.78 Å². The fourth-order valence-electron chi connectivity index (χ4n) is 2.51. The van der Waals surface area contributed by atoms with Gasteiger partial charge in [0, 0.05) is 0 Å². The highest BCUT2D eigenvalue weighted by Crippen LogP contribution is 2.31. The summed E-state index contributed by atoms with van der Waals surface area (Å²) in [4.78, 5) is 10.6. The first kappa shape index (κ1) is 9.47. The van der Waals surface area contributed by atoms with Crippen LogP contribution >= 0.6 is 0 Å². The molecule has 2 aliphatic rings. The zero-order valence-electron chi connectivity index (χ0n) is 8.34. The molecule has 0 N–H and O–H groups in total. The molecule has 2 rings (SSSR count). The Morgan fingerprint density at radius 1 is 0.769 bits per heavy atom. The summed E-state index contributed by atoms with van der Waals surface area (Å²) in [6.45, 7) is 0.795. The van der Waals surface area contributed by atoms with Gasteiger partial charge in [0.15, 0.2) is 0 Å². The second kappa shape index (κ2) is 4.97. The van der Waals surface area contributed by atoms with Crippen molar-refractivity contribution in [3.63, 3.8) is 0 Å². The topological polar surface area (TPSA) is 18.5 Å². The van der Waals surface area contributed by atoms with Gasteiger partial charge in [0.05, 0.1) is 12.7 Å². The number of hydrogen-bond acceptors (Lipinski definition) is 2. The maximum atomic E-state index is 5.44. The minimum atomic E-state index is 0.405. The van der Waals surface area contributed by atoms with Crippen molar-refractivity contribution in [1.82, 2.24) is 0 Å². The molecule has 2 fully saturated rings. The van der Waals surface area contributed by atoms with Crippen molar-refractivity contribution >= 4 is 0 Å². The predicted octanol–water partition coefficient (Wildman–Crippen LogP) is 3.07. The summed E-state index contributed by atoms with van der Waals surface area (Å²) < 4.78 is 0. The van der Waals surface area contributed by atoms with Crippen LogP contribution in [0.15, 0.2) is 0 Å². The molecule has 2 nitrogen and oxygen atoms in total. The molecule has 0 spiro atoms. The molecule has 1 aliphatic carbocycles. The summed E-state index contributed by atoms with van der Waals surface area (Å²) in [7, 11) is 0. The van der Waals surface area contributed by atoms with E-state index >= 15 is 0 Å². The molecule has 1 saturated carbocycles. The second-order valence-electron chi connectivity index (χ2n) is 4.35. The van der Waals surface area contributed by atoms with E-state index in [0.717, 1.165) is 12.5 Å². The molecular formula is C11H20O2. The van der Waals surface area contributed by atoms with Gasteiger partial charge >= 0.3 is 0 Å². The van der Waals surface area contributed by atoms with Crippen LogP contribution in [-0.4, -0.2) is 12.7 Å². The van der Waals surface area contributed by atoms with Gasteiger partial charge < -0.3 is 0 Å². The quantitative estimate of drug-likeness (QED) is 0.583. The van der Waals surface area contributed by atoms with Crippen LogP contribution < -0.4 is 0 Å².